The fraction of sp³-hybridized carbons (Fsp3) is 0.500. The maximum atomic E-state index is 12.8. The summed E-state index contributed by atoms with van der Waals surface area (Å²) in [7, 11) is 0. The van der Waals surface area contributed by atoms with Crippen LogP contribution >= 0.6 is 0 Å². The first-order chi connectivity index (χ1) is 10.2. The number of amides is 2. The second-order valence-corrected chi connectivity index (χ2v) is 6.02. The van der Waals surface area contributed by atoms with Crippen molar-refractivity contribution in [3.63, 3.8) is 0 Å². The van der Waals surface area contributed by atoms with Gasteiger partial charge in [-0.3, -0.25) is 4.79 Å². The van der Waals surface area contributed by atoms with Gasteiger partial charge in [0.15, 0.2) is 0 Å². The minimum atomic E-state index is -0.566. The number of halogens is 1. The van der Waals surface area contributed by atoms with Gasteiger partial charge in [-0.05, 0) is 45.4 Å². The molecule has 5 nitrogen and oxygen atoms in total. The van der Waals surface area contributed by atoms with Gasteiger partial charge in [0.25, 0.3) is 0 Å². The molecule has 2 N–H and O–H groups in total. The van der Waals surface area contributed by atoms with Gasteiger partial charge in [-0.1, -0.05) is 12.1 Å². The van der Waals surface area contributed by atoms with Crippen LogP contribution in [0.1, 0.15) is 45.7 Å². The number of alkyl carbamates (subject to hydrolysis) is 1. The molecule has 0 heterocycles. The molecule has 0 saturated carbocycles. The molecule has 0 aliphatic rings. The summed E-state index contributed by atoms with van der Waals surface area (Å²) >= 11 is 0. The van der Waals surface area contributed by atoms with Crippen LogP contribution in [0.15, 0.2) is 24.3 Å². The number of benzene rings is 1. The van der Waals surface area contributed by atoms with Crippen LogP contribution in [0.4, 0.5) is 9.18 Å². The third kappa shape index (κ3) is 7.06. The molecular weight excluding hydrogens is 287 g/mol. The van der Waals surface area contributed by atoms with Gasteiger partial charge in [-0.25, -0.2) is 9.18 Å². The van der Waals surface area contributed by atoms with Crippen molar-refractivity contribution in [2.24, 2.45) is 0 Å². The van der Waals surface area contributed by atoms with E-state index < -0.39 is 11.7 Å². The fourth-order valence-corrected chi connectivity index (χ4v) is 1.74. The number of ether oxygens (including phenoxy) is 1. The molecule has 0 spiro atoms. The van der Waals surface area contributed by atoms with E-state index in [2.05, 4.69) is 10.6 Å². The number of rotatable bonds is 5. The van der Waals surface area contributed by atoms with Crippen molar-refractivity contribution in [2.75, 3.05) is 6.54 Å². The highest BCUT2D eigenvalue weighted by molar-refractivity contribution is 5.77. The minimum absolute atomic E-state index is 0.144. The van der Waals surface area contributed by atoms with Crippen LogP contribution in [0.5, 0.6) is 0 Å². The summed E-state index contributed by atoms with van der Waals surface area (Å²) in [6.07, 6.45) is -0.406. The van der Waals surface area contributed by atoms with E-state index in [0.29, 0.717) is 0 Å². The van der Waals surface area contributed by atoms with Crippen molar-refractivity contribution in [2.45, 2.75) is 45.8 Å². The number of hydrogen-bond donors (Lipinski definition) is 2. The van der Waals surface area contributed by atoms with Crippen LogP contribution in [0, 0.1) is 5.82 Å². The van der Waals surface area contributed by atoms with Crippen LogP contribution in [0.3, 0.4) is 0 Å². The number of hydrogen-bond acceptors (Lipinski definition) is 3. The third-order valence-corrected chi connectivity index (χ3v) is 2.77. The zero-order valence-corrected chi connectivity index (χ0v) is 13.4. The molecule has 1 rings (SSSR count). The third-order valence-electron chi connectivity index (χ3n) is 2.77. The molecule has 0 fully saturated rings. The molecular formula is C16H23FN2O3. The predicted molar refractivity (Wildman–Crippen MR) is 81.8 cm³/mol. The first-order valence-electron chi connectivity index (χ1n) is 7.19. The van der Waals surface area contributed by atoms with E-state index in [4.69, 9.17) is 4.74 Å². The molecule has 0 bridgehead atoms. The number of nitrogens with one attached hydrogen (secondary N) is 2. The number of carbonyl (C=O) groups excluding carboxylic acids is 2. The lowest BCUT2D eigenvalue weighted by Crippen LogP contribution is -2.35. The van der Waals surface area contributed by atoms with Gasteiger partial charge in [0.05, 0.1) is 6.04 Å². The van der Waals surface area contributed by atoms with Crippen molar-refractivity contribution >= 4 is 12.0 Å². The number of carbonyl (C=O) groups is 2. The Hall–Kier alpha value is -2.11. The van der Waals surface area contributed by atoms with E-state index in [1.54, 1.807) is 32.9 Å². The van der Waals surface area contributed by atoms with E-state index in [0.717, 1.165) is 5.56 Å². The van der Waals surface area contributed by atoms with Crippen molar-refractivity contribution in [1.82, 2.24) is 10.6 Å². The van der Waals surface area contributed by atoms with Gasteiger partial charge in [0.1, 0.15) is 11.4 Å². The highest BCUT2D eigenvalue weighted by Crippen LogP contribution is 2.12. The second-order valence-electron chi connectivity index (χ2n) is 6.02. The molecule has 2 amide bonds. The molecule has 1 aromatic carbocycles. The molecule has 6 heteroatoms. The first-order valence-corrected chi connectivity index (χ1v) is 7.19. The van der Waals surface area contributed by atoms with E-state index in [1.807, 2.05) is 6.92 Å². The van der Waals surface area contributed by atoms with Gasteiger partial charge in [-0.2, -0.15) is 0 Å². The Bertz CT molecular complexity index is 509. The summed E-state index contributed by atoms with van der Waals surface area (Å²) in [5.41, 5.74) is 0.249. The van der Waals surface area contributed by atoms with Gasteiger partial charge >= 0.3 is 6.09 Å². The van der Waals surface area contributed by atoms with Gasteiger partial charge < -0.3 is 15.4 Å². The van der Waals surface area contributed by atoms with Crippen LogP contribution in [0.2, 0.25) is 0 Å². The Morgan fingerprint density at radius 3 is 2.36 bits per heavy atom. The fourth-order valence-electron chi connectivity index (χ4n) is 1.74. The maximum Gasteiger partial charge on any atom is 0.407 e. The van der Waals surface area contributed by atoms with Crippen LogP contribution in [0.25, 0.3) is 0 Å². The van der Waals surface area contributed by atoms with E-state index in [-0.39, 0.29) is 30.7 Å². The quantitative estimate of drug-likeness (QED) is 0.878. The van der Waals surface area contributed by atoms with Crippen molar-refractivity contribution in [3.8, 4) is 0 Å². The van der Waals surface area contributed by atoms with Crippen LogP contribution in [-0.2, 0) is 9.53 Å². The summed E-state index contributed by atoms with van der Waals surface area (Å²) in [6.45, 7) is 7.31. The maximum absolute atomic E-state index is 12.8. The standard InChI is InChI=1S/C16H23FN2O3/c1-11(12-5-7-13(17)8-6-12)19-14(20)9-10-18-15(21)22-16(2,3)4/h5-8,11H,9-10H2,1-4H3,(H,18,21)(H,19,20)/t11-/m1/s1. The van der Waals surface area contributed by atoms with Crippen molar-refractivity contribution in [3.05, 3.63) is 35.6 Å². The smallest absolute Gasteiger partial charge is 0.407 e. The molecule has 0 saturated heterocycles. The SMILES string of the molecule is C[C@@H](NC(=O)CCNC(=O)OC(C)(C)C)c1ccc(F)cc1. The molecule has 0 unspecified atom stereocenters. The summed E-state index contributed by atoms with van der Waals surface area (Å²) in [5.74, 6) is -0.517. The Balaban J connectivity index is 2.31. The molecule has 22 heavy (non-hydrogen) atoms. The van der Waals surface area contributed by atoms with Gasteiger partial charge in [0.2, 0.25) is 5.91 Å². The van der Waals surface area contributed by atoms with E-state index in [1.165, 1.54) is 12.1 Å². The zero-order valence-electron chi connectivity index (χ0n) is 13.4. The van der Waals surface area contributed by atoms with Crippen molar-refractivity contribution < 1.29 is 18.7 Å². The Labute approximate surface area is 130 Å². The molecule has 0 aliphatic heterocycles. The first kappa shape index (κ1) is 17.9. The highest BCUT2D eigenvalue weighted by Gasteiger charge is 2.16. The molecule has 0 aromatic heterocycles. The van der Waals surface area contributed by atoms with E-state index >= 15 is 0 Å². The van der Waals surface area contributed by atoms with E-state index in [9.17, 15) is 14.0 Å². The predicted octanol–water partition coefficient (Wildman–Crippen LogP) is 2.92. The molecule has 1 atom stereocenters. The average molecular weight is 310 g/mol. The summed E-state index contributed by atoms with van der Waals surface area (Å²) in [4.78, 5) is 23.2. The van der Waals surface area contributed by atoms with Crippen molar-refractivity contribution in [1.29, 1.82) is 0 Å². The topological polar surface area (TPSA) is 67.4 Å². The largest absolute Gasteiger partial charge is 0.444 e. The molecule has 1 aromatic rings. The zero-order chi connectivity index (χ0) is 16.8. The van der Waals surface area contributed by atoms with Crippen LogP contribution in [-0.4, -0.2) is 24.1 Å². The molecule has 0 aliphatic carbocycles. The van der Waals surface area contributed by atoms with Gasteiger partial charge in [0, 0.05) is 13.0 Å². The Morgan fingerprint density at radius 2 is 1.82 bits per heavy atom. The minimum Gasteiger partial charge on any atom is -0.444 e. The monoisotopic (exact) mass is 310 g/mol. The lowest BCUT2D eigenvalue weighted by molar-refractivity contribution is -0.121. The lowest BCUT2D eigenvalue weighted by Gasteiger charge is -2.19. The molecule has 122 valence electrons. The second kappa shape index (κ2) is 7.77. The van der Waals surface area contributed by atoms with Crippen LogP contribution < -0.4 is 10.6 Å². The highest BCUT2D eigenvalue weighted by atomic mass is 19.1. The summed E-state index contributed by atoms with van der Waals surface area (Å²) in [5, 5.41) is 5.30. The normalized spacial score (nSPS) is 12.4. The summed E-state index contributed by atoms with van der Waals surface area (Å²) in [6, 6.07) is 5.72. The Kier molecular flexibility index (Phi) is 6.34. The lowest BCUT2D eigenvalue weighted by atomic mass is 10.1. The summed E-state index contributed by atoms with van der Waals surface area (Å²) < 4.78 is 17.9. The average Bonchev–Trinajstić information content (AvgIpc) is 2.37. The Morgan fingerprint density at radius 1 is 1.23 bits per heavy atom. The molecule has 0 radical (unpaired) electrons. The van der Waals surface area contributed by atoms with Gasteiger partial charge in [-0.15, -0.1) is 0 Å².